The van der Waals surface area contributed by atoms with E-state index in [0.717, 1.165) is 71.5 Å². The van der Waals surface area contributed by atoms with Crippen molar-refractivity contribution >= 4 is 11.8 Å². The smallest absolute Gasteiger partial charge is 0.238 e. The van der Waals surface area contributed by atoms with Gasteiger partial charge in [0, 0.05) is 45.8 Å². The molecule has 3 aliphatic rings. The fraction of sp³-hybridized carbons (Fsp3) is 0.619. The van der Waals surface area contributed by atoms with Crippen LogP contribution in [0.5, 0.6) is 0 Å². The summed E-state index contributed by atoms with van der Waals surface area (Å²) in [6.07, 6.45) is 4.84. The normalized spacial score (nSPS) is 22.9. The first-order chi connectivity index (χ1) is 12.7. The van der Waals surface area contributed by atoms with E-state index in [1.54, 1.807) is 0 Å². The molecular weight excluding hydrogens is 326 g/mol. The van der Waals surface area contributed by atoms with Crippen molar-refractivity contribution in [3.8, 4) is 0 Å². The fourth-order valence-electron chi connectivity index (χ4n) is 4.30. The second-order valence-corrected chi connectivity index (χ2v) is 7.99. The monoisotopic (exact) mass is 355 g/mol. The van der Waals surface area contributed by atoms with Crippen LogP contribution in [0.3, 0.4) is 0 Å². The van der Waals surface area contributed by atoms with E-state index < -0.39 is 5.41 Å². The zero-order chi connectivity index (χ0) is 18.0. The SMILES string of the molecule is O=C(N1CCCCC1)C1(C(=O)N2CCN(Cc3ccccc3)CC2)CC1. The van der Waals surface area contributed by atoms with E-state index in [1.807, 2.05) is 15.9 Å². The lowest BCUT2D eigenvalue weighted by molar-refractivity contribution is -0.151. The highest BCUT2D eigenvalue weighted by atomic mass is 16.2. The van der Waals surface area contributed by atoms with Gasteiger partial charge in [0.05, 0.1) is 0 Å². The highest BCUT2D eigenvalue weighted by molar-refractivity contribution is 6.07. The summed E-state index contributed by atoms with van der Waals surface area (Å²) < 4.78 is 0. The molecule has 26 heavy (non-hydrogen) atoms. The molecule has 1 saturated carbocycles. The number of piperidine rings is 1. The van der Waals surface area contributed by atoms with Crippen molar-refractivity contribution in [3.05, 3.63) is 35.9 Å². The molecule has 140 valence electrons. The summed E-state index contributed by atoms with van der Waals surface area (Å²) in [5, 5.41) is 0. The molecule has 1 aliphatic carbocycles. The van der Waals surface area contributed by atoms with Gasteiger partial charge < -0.3 is 9.80 Å². The highest BCUT2D eigenvalue weighted by Gasteiger charge is 2.59. The molecule has 1 aromatic carbocycles. The molecule has 0 atom stereocenters. The average Bonchev–Trinajstić information content (AvgIpc) is 3.51. The van der Waals surface area contributed by atoms with E-state index in [1.165, 1.54) is 12.0 Å². The molecule has 5 nitrogen and oxygen atoms in total. The Morgan fingerprint density at radius 3 is 1.92 bits per heavy atom. The topological polar surface area (TPSA) is 43.9 Å². The number of rotatable bonds is 4. The minimum Gasteiger partial charge on any atom is -0.342 e. The summed E-state index contributed by atoms with van der Waals surface area (Å²) in [6.45, 7) is 5.84. The van der Waals surface area contributed by atoms with Crippen LogP contribution in [0.2, 0.25) is 0 Å². The highest BCUT2D eigenvalue weighted by Crippen LogP contribution is 2.49. The lowest BCUT2D eigenvalue weighted by Gasteiger charge is -2.37. The summed E-state index contributed by atoms with van der Waals surface area (Å²) >= 11 is 0. The van der Waals surface area contributed by atoms with E-state index in [0.29, 0.717) is 0 Å². The van der Waals surface area contributed by atoms with Crippen LogP contribution >= 0.6 is 0 Å². The first-order valence-corrected chi connectivity index (χ1v) is 10.0. The number of likely N-dealkylation sites (tertiary alicyclic amines) is 1. The third-order valence-corrected chi connectivity index (χ3v) is 6.12. The number of carbonyl (C=O) groups is 2. The Hall–Kier alpha value is -1.88. The molecule has 0 radical (unpaired) electrons. The fourth-order valence-corrected chi connectivity index (χ4v) is 4.30. The molecule has 0 unspecified atom stereocenters. The van der Waals surface area contributed by atoms with Gasteiger partial charge in [-0.05, 0) is 37.7 Å². The second kappa shape index (κ2) is 7.39. The molecule has 3 fully saturated rings. The molecule has 0 spiro atoms. The van der Waals surface area contributed by atoms with Gasteiger partial charge in [-0.2, -0.15) is 0 Å². The molecule has 4 rings (SSSR count). The molecule has 5 heteroatoms. The van der Waals surface area contributed by atoms with Crippen molar-refractivity contribution < 1.29 is 9.59 Å². The van der Waals surface area contributed by atoms with Crippen molar-refractivity contribution in [1.82, 2.24) is 14.7 Å². The Labute approximate surface area is 155 Å². The lowest BCUT2D eigenvalue weighted by Crippen LogP contribution is -2.53. The Balaban J connectivity index is 1.32. The van der Waals surface area contributed by atoms with E-state index in [-0.39, 0.29) is 11.8 Å². The van der Waals surface area contributed by atoms with Crippen LogP contribution in [-0.4, -0.2) is 65.8 Å². The predicted molar refractivity (Wildman–Crippen MR) is 100 cm³/mol. The number of benzene rings is 1. The maximum absolute atomic E-state index is 13.1. The van der Waals surface area contributed by atoms with Gasteiger partial charge in [0.2, 0.25) is 11.8 Å². The van der Waals surface area contributed by atoms with E-state index in [2.05, 4.69) is 29.2 Å². The molecule has 1 aromatic rings. The van der Waals surface area contributed by atoms with Gasteiger partial charge in [0.15, 0.2) is 0 Å². The number of carbonyl (C=O) groups excluding carboxylic acids is 2. The Morgan fingerprint density at radius 2 is 1.35 bits per heavy atom. The number of piperazine rings is 1. The maximum atomic E-state index is 13.1. The van der Waals surface area contributed by atoms with Crippen molar-refractivity contribution in [2.75, 3.05) is 39.3 Å². The summed E-state index contributed by atoms with van der Waals surface area (Å²) in [5.41, 5.74) is 0.602. The Morgan fingerprint density at radius 1 is 0.769 bits per heavy atom. The Bertz CT molecular complexity index is 642. The second-order valence-electron chi connectivity index (χ2n) is 7.99. The van der Waals surface area contributed by atoms with E-state index in [4.69, 9.17) is 0 Å². The molecule has 2 saturated heterocycles. The van der Waals surface area contributed by atoms with Crippen molar-refractivity contribution in [2.45, 2.75) is 38.6 Å². The van der Waals surface area contributed by atoms with Crippen LogP contribution in [0.4, 0.5) is 0 Å². The van der Waals surface area contributed by atoms with Crippen LogP contribution < -0.4 is 0 Å². The third-order valence-electron chi connectivity index (χ3n) is 6.12. The summed E-state index contributed by atoms with van der Waals surface area (Å²) in [6, 6.07) is 10.5. The minimum atomic E-state index is -0.709. The predicted octanol–water partition coefficient (Wildman–Crippen LogP) is 2.12. The minimum absolute atomic E-state index is 0.0902. The first-order valence-electron chi connectivity index (χ1n) is 10.0. The van der Waals surface area contributed by atoms with Crippen molar-refractivity contribution in [2.24, 2.45) is 5.41 Å². The zero-order valence-electron chi connectivity index (χ0n) is 15.5. The maximum Gasteiger partial charge on any atom is 0.238 e. The van der Waals surface area contributed by atoms with Gasteiger partial charge in [0.1, 0.15) is 5.41 Å². The molecule has 0 N–H and O–H groups in total. The van der Waals surface area contributed by atoms with Crippen LogP contribution in [0.1, 0.15) is 37.7 Å². The molecule has 2 aliphatic heterocycles. The van der Waals surface area contributed by atoms with Gasteiger partial charge >= 0.3 is 0 Å². The third kappa shape index (κ3) is 3.50. The Kier molecular flexibility index (Phi) is 4.98. The summed E-state index contributed by atoms with van der Waals surface area (Å²) in [7, 11) is 0. The number of hydrogen-bond acceptors (Lipinski definition) is 3. The van der Waals surface area contributed by atoms with Crippen LogP contribution in [0.15, 0.2) is 30.3 Å². The molecule has 2 amide bonds. The van der Waals surface area contributed by atoms with Crippen molar-refractivity contribution in [1.29, 1.82) is 0 Å². The molecule has 2 heterocycles. The van der Waals surface area contributed by atoms with Crippen molar-refractivity contribution in [3.63, 3.8) is 0 Å². The lowest BCUT2D eigenvalue weighted by atomic mass is 10.00. The summed E-state index contributed by atoms with van der Waals surface area (Å²) in [5.74, 6) is 0.196. The molecule has 0 bridgehead atoms. The quantitative estimate of drug-likeness (QED) is 0.777. The van der Waals surface area contributed by atoms with E-state index >= 15 is 0 Å². The largest absolute Gasteiger partial charge is 0.342 e. The van der Waals surface area contributed by atoms with Gasteiger partial charge in [-0.15, -0.1) is 0 Å². The molecular formula is C21H29N3O2. The summed E-state index contributed by atoms with van der Waals surface area (Å²) in [4.78, 5) is 32.3. The van der Waals surface area contributed by atoms with Gasteiger partial charge in [0.25, 0.3) is 0 Å². The number of amides is 2. The van der Waals surface area contributed by atoms with Crippen LogP contribution in [-0.2, 0) is 16.1 Å². The van der Waals surface area contributed by atoms with Gasteiger partial charge in [-0.1, -0.05) is 30.3 Å². The van der Waals surface area contributed by atoms with Gasteiger partial charge in [-0.3, -0.25) is 14.5 Å². The number of nitrogens with zero attached hydrogens (tertiary/aromatic N) is 3. The van der Waals surface area contributed by atoms with Crippen LogP contribution in [0, 0.1) is 5.41 Å². The average molecular weight is 355 g/mol. The van der Waals surface area contributed by atoms with Crippen LogP contribution in [0.25, 0.3) is 0 Å². The zero-order valence-corrected chi connectivity index (χ0v) is 15.5. The van der Waals surface area contributed by atoms with Gasteiger partial charge in [-0.25, -0.2) is 0 Å². The number of hydrogen-bond donors (Lipinski definition) is 0. The first kappa shape index (κ1) is 17.5. The standard InChI is InChI=1S/C21H29N3O2/c25-19(23-11-5-2-6-12-23)21(9-10-21)20(26)24-15-13-22(14-16-24)17-18-7-3-1-4-8-18/h1,3-4,7-8H,2,5-6,9-17H2. The molecule has 0 aromatic heterocycles. The van der Waals surface area contributed by atoms with E-state index in [9.17, 15) is 9.59 Å².